The standard InChI is InChI=1S/C15H20N2O/c1-15(2,3)18-14-9-11(10-16-4)12-7-5-6-8-13(12)17-14/h5-9,16H,10H2,1-4H3. The van der Waals surface area contributed by atoms with Gasteiger partial charge in [-0.2, -0.15) is 0 Å². The fraction of sp³-hybridized carbons (Fsp3) is 0.400. The van der Waals surface area contributed by atoms with Crippen LogP contribution in [0.25, 0.3) is 10.9 Å². The van der Waals surface area contributed by atoms with Gasteiger partial charge in [0.2, 0.25) is 5.88 Å². The second kappa shape index (κ2) is 4.94. The van der Waals surface area contributed by atoms with Crippen molar-refractivity contribution in [3.05, 3.63) is 35.9 Å². The van der Waals surface area contributed by atoms with E-state index in [9.17, 15) is 0 Å². The van der Waals surface area contributed by atoms with Gasteiger partial charge in [0.15, 0.2) is 0 Å². The summed E-state index contributed by atoms with van der Waals surface area (Å²) in [7, 11) is 1.94. The Hall–Kier alpha value is -1.61. The number of ether oxygens (including phenoxy) is 1. The smallest absolute Gasteiger partial charge is 0.214 e. The van der Waals surface area contributed by atoms with Crippen molar-refractivity contribution < 1.29 is 4.74 Å². The molecule has 0 fully saturated rings. The quantitative estimate of drug-likeness (QED) is 0.900. The molecule has 1 N–H and O–H groups in total. The number of hydrogen-bond donors (Lipinski definition) is 1. The molecular formula is C15H20N2O. The molecule has 0 unspecified atom stereocenters. The molecule has 0 aliphatic carbocycles. The molecule has 0 aliphatic rings. The highest BCUT2D eigenvalue weighted by atomic mass is 16.5. The Morgan fingerprint density at radius 1 is 1.22 bits per heavy atom. The van der Waals surface area contributed by atoms with E-state index in [2.05, 4.69) is 16.4 Å². The molecule has 1 heterocycles. The molecule has 0 bridgehead atoms. The highest BCUT2D eigenvalue weighted by molar-refractivity contribution is 5.82. The number of para-hydroxylation sites is 1. The number of aromatic nitrogens is 1. The summed E-state index contributed by atoms with van der Waals surface area (Å²) in [5.41, 5.74) is 1.96. The maximum Gasteiger partial charge on any atom is 0.214 e. The predicted octanol–water partition coefficient (Wildman–Crippen LogP) is 3.13. The van der Waals surface area contributed by atoms with Gasteiger partial charge in [-0.15, -0.1) is 0 Å². The van der Waals surface area contributed by atoms with Gasteiger partial charge in [0.1, 0.15) is 5.60 Å². The Labute approximate surface area is 108 Å². The average Bonchev–Trinajstić information content (AvgIpc) is 2.27. The summed E-state index contributed by atoms with van der Waals surface area (Å²) in [5, 5.41) is 4.36. The molecule has 2 rings (SSSR count). The van der Waals surface area contributed by atoms with Crippen molar-refractivity contribution in [2.45, 2.75) is 32.9 Å². The Morgan fingerprint density at radius 2 is 1.94 bits per heavy atom. The fourth-order valence-corrected chi connectivity index (χ4v) is 1.92. The molecular weight excluding hydrogens is 224 g/mol. The van der Waals surface area contributed by atoms with Gasteiger partial charge < -0.3 is 10.1 Å². The lowest BCUT2D eigenvalue weighted by molar-refractivity contribution is 0.124. The maximum atomic E-state index is 5.86. The summed E-state index contributed by atoms with van der Waals surface area (Å²) in [5.74, 6) is 0.687. The summed E-state index contributed by atoms with van der Waals surface area (Å²) in [6, 6.07) is 10.2. The van der Waals surface area contributed by atoms with Gasteiger partial charge in [0, 0.05) is 18.0 Å². The highest BCUT2D eigenvalue weighted by Crippen LogP contribution is 2.24. The average molecular weight is 244 g/mol. The summed E-state index contributed by atoms with van der Waals surface area (Å²) in [4.78, 5) is 4.55. The highest BCUT2D eigenvalue weighted by Gasteiger charge is 2.14. The van der Waals surface area contributed by atoms with E-state index in [0.717, 1.165) is 12.1 Å². The second-order valence-corrected chi connectivity index (χ2v) is 5.38. The van der Waals surface area contributed by atoms with Crippen molar-refractivity contribution in [3.63, 3.8) is 0 Å². The number of rotatable bonds is 3. The van der Waals surface area contributed by atoms with Crippen LogP contribution in [0.4, 0.5) is 0 Å². The molecule has 0 saturated carbocycles. The summed E-state index contributed by atoms with van der Waals surface area (Å²) in [6.45, 7) is 6.90. The van der Waals surface area contributed by atoms with Crippen LogP contribution in [0.2, 0.25) is 0 Å². The van der Waals surface area contributed by atoms with E-state index in [1.807, 2.05) is 52.1 Å². The molecule has 0 saturated heterocycles. The molecule has 96 valence electrons. The SMILES string of the molecule is CNCc1cc(OC(C)(C)C)nc2ccccc12. The van der Waals surface area contributed by atoms with Gasteiger partial charge in [-0.25, -0.2) is 4.98 Å². The fourth-order valence-electron chi connectivity index (χ4n) is 1.92. The van der Waals surface area contributed by atoms with E-state index >= 15 is 0 Å². The van der Waals surface area contributed by atoms with E-state index in [-0.39, 0.29) is 5.60 Å². The number of pyridine rings is 1. The molecule has 3 heteroatoms. The Bertz CT molecular complexity index is 544. The van der Waals surface area contributed by atoms with Crippen LogP contribution in [0.1, 0.15) is 26.3 Å². The van der Waals surface area contributed by atoms with Crippen LogP contribution in [-0.4, -0.2) is 17.6 Å². The predicted molar refractivity (Wildman–Crippen MR) is 74.9 cm³/mol. The van der Waals surface area contributed by atoms with Crippen LogP contribution in [0, 0.1) is 0 Å². The minimum atomic E-state index is -0.230. The van der Waals surface area contributed by atoms with Crippen LogP contribution in [0.5, 0.6) is 5.88 Å². The maximum absolute atomic E-state index is 5.86. The van der Waals surface area contributed by atoms with Gasteiger partial charge in [-0.05, 0) is 39.4 Å². The van der Waals surface area contributed by atoms with Crippen molar-refractivity contribution in [2.75, 3.05) is 7.05 Å². The molecule has 3 nitrogen and oxygen atoms in total. The zero-order chi connectivity index (χ0) is 13.2. The van der Waals surface area contributed by atoms with Crippen molar-refractivity contribution in [2.24, 2.45) is 0 Å². The summed E-state index contributed by atoms with van der Waals surface area (Å²) < 4.78 is 5.86. The van der Waals surface area contributed by atoms with E-state index < -0.39 is 0 Å². The molecule has 0 atom stereocenters. The lowest BCUT2D eigenvalue weighted by Crippen LogP contribution is -2.23. The van der Waals surface area contributed by atoms with Crippen LogP contribution < -0.4 is 10.1 Å². The van der Waals surface area contributed by atoms with Gasteiger partial charge in [-0.3, -0.25) is 0 Å². The first-order valence-corrected chi connectivity index (χ1v) is 6.22. The van der Waals surface area contributed by atoms with Crippen molar-refractivity contribution >= 4 is 10.9 Å². The zero-order valence-electron chi connectivity index (χ0n) is 11.4. The monoisotopic (exact) mass is 244 g/mol. The lowest BCUT2D eigenvalue weighted by atomic mass is 10.1. The molecule has 0 spiro atoms. The number of fused-ring (bicyclic) bond motifs is 1. The first-order valence-electron chi connectivity index (χ1n) is 6.22. The molecule has 1 aromatic carbocycles. The number of nitrogens with one attached hydrogen (secondary N) is 1. The number of benzene rings is 1. The second-order valence-electron chi connectivity index (χ2n) is 5.38. The zero-order valence-corrected chi connectivity index (χ0v) is 11.4. The van der Waals surface area contributed by atoms with Gasteiger partial charge >= 0.3 is 0 Å². The van der Waals surface area contributed by atoms with E-state index in [1.165, 1.54) is 10.9 Å². The van der Waals surface area contributed by atoms with E-state index in [0.29, 0.717) is 5.88 Å². The van der Waals surface area contributed by atoms with Gasteiger partial charge in [-0.1, -0.05) is 18.2 Å². The third-order valence-corrected chi connectivity index (χ3v) is 2.56. The van der Waals surface area contributed by atoms with Crippen LogP contribution >= 0.6 is 0 Å². The minimum Gasteiger partial charge on any atom is -0.472 e. The Kier molecular flexibility index (Phi) is 3.53. The van der Waals surface area contributed by atoms with Crippen LogP contribution in [0.15, 0.2) is 30.3 Å². The largest absolute Gasteiger partial charge is 0.472 e. The van der Waals surface area contributed by atoms with Crippen LogP contribution in [0.3, 0.4) is 0 Å². The Balaban J connectivity index is 2.50. The first kappa shape index (κ1) is 12.8. The molecule has 0 radical (unpaired) electrons. The third kappa shape index (κ3) is 2.99. The van der Waals surface area contributed by atoms with Gasteiger partial charge in [0.25, 0.3) is 0 Å². The van der Waals surface area contributed by atoms with Gasteiger partial charge in [0.05, 0.1) is 5.52 Å². The molecule has 0 aliphatic heterocycles. The molecule has 2 aromatic rings. The Morgan fingerprint density at radius 3 is 2.61 bits per heavy atom. The first-order chi connectivity index (χ1) is 8.49. The van der Waals surface area contributed by atoms with Crippen molar-refractivity contribution in [3.8, 4) is 5.88 Å². The van der Waals surface area contributed by atoms with Crippen LogP contribution in [-0.2, 0) is 6.54 Å². The minimum absolute atomic E-state index is 0.230. The molecule has 1 aromatic heterocycles. The normalized spacial score (nSPS) is 11.8. The van der Waals surface area contributed by atoms with E-state index in [4.69, 9.17) is 4.74 Å². The summed E-state index contributed by atoms with van der Waals surface area (Å²) in [6.07, 6.45) is 0. The lowest BCUT2D eigenvalue weighted by Gasteiger charge is -2.21. The third-order valence-electron chi connectivity index (χ3n) is 2.56. The number of hydrogen-bond acceptors (Lipinski definition) is 3. The van der Waals surface area contributed by atoms with E-state index in [1.54, 1.807) is 0 Å². The molecule has 0 amide bonds. The molecule has 18 heavy (non-hydrogen) atoms. The van der Waals surface area contributed by atoms with Crippen molar-refractivity contribution in [1.82, 2.24) is 10.3 Å². The van der Waals surface area contributed by atoms with Crippen molar-refractivity contribution in [1.29, 1.82) is 0 Å². The number of nitrogens with zero attached hydrogens (tertiary/aromatic N) is 1. The summed E-state index contributed by atoms with van der Waals surface area (Å²) >= 11 is 0. The topological polar surface area (TPSA) is 34.1 Å².